The van der Waals surface area contributed by atoms with E-state index in [2.05, 4.69) is 5.32 Å². The maximum Gasteiger partial charge on any atom is 0.252 e. The third-order valence-electron chi connectivity index (χ3n) is 3.21. The van der Waals surface area contributed by atoms with Gasteiger partial charge in [0, 0.05) is 10.6 Å². The highest BCUT2D eigenvalue weighted by molar-refractivity contribution is 7.80. The first kappa shape index (κ1) is 15.5. The predicted octanol–water partition coefficient (Wildman–Crippen LogP) is 3.41. The molecule has 0 aliphatic heterocycles. The molecule has 0 aliphatic rings. The van der Waals surface area contributed by atoms with Crippen LogP contribution in [0.25, 0.3) is 0 Å². The van der Waals surface area contributed by atoms with Crippen LogP contribution in [0.15, 0.2) is 48.5 Å². The second-order valence-corrected chi connectivity index (χ2v) is 5.51. The van der Waals surface area contributed by atoms with Crippen LogP contribution in [0.5, 0.6) is 0 Å². The number of halogens is 1. The number of thiocarbonyl (C=S) groups is 1. The van der Waals surface area contributed by atoms with Gasteiger partial charge in [0.1, 0.15) is 11.0 Å². The van der Waals surface area contributed by atoms with Gasteiger partial charge in [0.25, 0.3) is 5.91 Å². The summed E-state index contributed by atoms with van der Waals surface area (Å²) in [5.41, 5.74) is 7.84. The molecule has 0 saturated carbocycles. The molecule has 2 rings (SSSR count). The van der Waals surface area contributed by atoms with Crippen molar-refractivity contribution in [3.8, 4) is 0 Å². The fourth-order valence-corrected chi connectivity index (χ4v) is 2.40. The second-order valence-electron chi connectivity index (χ2n) is 4.63. The van der Waals surface area contributed by atoms with Crippen molar-refractivity contribution in [2.75, 3.05) is 0 Å². The van der Waals surface area contributed by atoms with Crippen LogP contribution in [0, 0.1) is 6.92 Å². The minimum absolute atomic E-state index is 0.217. The Labute approximate surface area is 134 Å². The van der Waals surface area contributed by atoms with Crippen molar-refractivity contribution in [2.24, 2.45) is 5.73 Å². The van der Waals surface area contributed by atoms with Gasteiger partial charge in [-0.15, -0.1) is 0 Å². The molecule has 1 unspecified atom stereocenters. The zero-order chi connectivity index (χ0) is 15.4. The maximum atomic E-state index is 12.4. The number of rotatable bonds is 4. The maximum absolute atomic E-state index is 12.4. The molecule has 0 radical (unpaired) electrons. The molecule has 0 aromatic heterocycles. The lowest BCUT2D eigenvalue weighted by Gasteiger charge is -2.18. The molecule has 0 heterocycles. The number of carbonyl (C=O) groups is 1. The van der Waals surface area contributed by atoms with E-state index in [1.807, 2.05) is 30.3 Å². The Hall–Kier alpha value is -1.91. The van der Waals surface area contributed by atoms with Crippen molar-refractivity contribution in [1.82, 2.24) is 5.32 Å². The summed E-state index contributed by atoms with van der Waals surface area (Å²) in [4.78, 5) is 12.6. The highest BCUT2D eigenvalue weighted by atomic mass is 35.5. The van der Waals surface area contributed by atoms with Gasteiger partial charge in [-0.05, 0) is 30.2 Å². The number of hydrogen-bond acceptors (Lipinski definition) is 2. The standard InChI is InChI=1S/C16H15ClN2OS/c1-10-12(8-5-9-13(10)17)16(20)19-14(15(18)21)11-6-3-2-4-7-11/h2-9,14H,1H3,(H2,18,21)(H,19,20). The molecule has 3 N–H and O–H groups in total. The third-order valence-corrected chi connectivity index (χ3v) is 3.85. The molecule has 2 aromatic rings. The second kappa shape index (κ2) is 6.70. The number of amides is 1. The first-order valence-electron chi connectivity index (χ1n) is 6.41. The van der Waals surface area contributed by atoms with E-state index in [0.29, 0.717) is 10.6 Å². The third kappa shape index (κ3) is 3.60. The van der Waals surface area contributed by atoms with Crippen molar-refractivity contribution < 1.29 is 4.79 Å². The van der Waals surface area contributed by atoms with Gasteiger partial charge in [0.15, 0.2) is 0 Å². The first-order valence-corrected chi connectivity index (χ1v) is 7.19. The van der Waals surface area contributed by atoms with Crippen LogP contribution >= 0.6 is 23.8 Å². The highest BCUT2D eigenvalue weighted by Gasteiger charge is 2.19. The van der Waals surface area contributed by atoms with E-state index in [4.69, 9.17) is 29.6 Å². The summed E-state index contributed by atoms with van der Waals surface area (Å²) in [6.45, 7) is 1.80. The van der Waals surface area contributed by atoms with Crippen LogP contribution in [0.2, 0.25) is 5.02 Å². The summed E-state index contributed by atoms with van der Waals surface area (Å²) in [5, 5.41) is 3.40. The highest BCUT2D eigenvalue weighted by Crippen LogP contribution is 2.20. The van der Waals surface area contributed by atoms with E-state index in [9.17, 15) is 4.79 Å². The molecule has 1 amide bonds. The summed E-state index contributed by atoms with van der Waals surface area (Å²) >= 11 is 11.1. The SMILES string of the molecule is Cc1c(Cl)cccc1C(=O)NC(C(N)=S)c1ccccc1. The van der Waals surface area contributed by atoms with Crippen molar-refractivity contribution >= 4 is 34.7 Å². The first-order chi connectivity index (χ1) is 10.0. The monoisotopic (exact) mass is 318 g/mol. The van der Waals surface area contributed by atoms with Crippen LogP contribution in [0.4, 0.5) is 0 Å². The lowest BCUT2D eigenvalue weighted by Crippen LogP contribution is -2.36. The van der Waals surface area contributed by atoms with E-state index in [-0.39, 0.29) is 10.9 Å². The van der Waals surface area contributed by atoms with Crippen LogP contribution in [-0.2, 0) is 0 Å². The van der Waals surface area contributed by atoms with Gasteiger partial charge in [-0.3, -0.25) is 4.79 Å². The van der Waals surface area contributed by atoms with Gasteiger partial charge in [-0.25, -0.2) is 0 Å². The Bertz CT molecular complexity index is 673. The van der Waals surface area contributed by atoms with Crippen LogP contribution in [0.3, 0.4) is 0 Å². The largest absolute Gasteiger partial charge is 0.391 e. The number of nitrogens with two attached hydrogens (primary N) is 1. The molecular weight excluding hydrogens is 304 g/mol. The minimum Gasteiger partial charge on any atom is -0.391 e. The van der Waals surface area contributed by atoms with Gasteiger partial charge in [-0.1, -0.05) is 60.2 Å². The fourth-order valence-electron chi connectivity index (χ4n) is 2.03. The fraction of sp³-hybridized carbons (Fsp3) is 0.125. The average molecular weight is 319 g/mol. The molecule has 0 saturated heterocycles. The molecule has 5 heteroatoms. The van der Waals surface area contributed by atoms with E-state index in [0.717, 1.165) is 11.1 Å². The summed E-state index contributed by atoms with van der Waals surface area (Å²) in [6, 6.07) is 14.1. The molecule has 108 valence electrons. The molecule has 3 nitrogen and oxygen atoms in total. The molecular formula is C16H15ClN2OS. The lowest BCUT2D eigenvalue weighted by atomic mass is 10.0. The zero-order valence-electron chi connectivity index (χ0n) is 11.5. The van der Waals surface area contributed by atoms with Crippen molar-refractivity contribution in [1.29, 1.82) is 0 Å². The Morgan fingerprint density at radius 2 is 1.86 bits per heavy atom. The number of hydrogen-bond donors (Lipinski definition) is 2. The number of benzene rings is 2. The van der Waals surface area contributed by atoms with Crippen molar-refractivity contribution in [3.63, 3.8) is 0 Å². The molecule has 2 aromatic carbocycles. The molecule has 1 atom stereocenters. The smallest absolute Gasteiger partial charge is 0.252 e. The molecule has 0 aliphatic carbocycles. The van der Waals surface area contributed by atoms with Crippen molar-refractivity contribution in [3.05, 3.63) is 70.2 Å². The normalized spacial score (nSPS) is 11.7. The van der Waals surface area contributed by atoms with Gasteiger partial charge in [0.05, 0.1) is 0 Å². The Morgan fingerprint density at radius 1 is 1.19 bits per heavy atom. The topological polar surface area (TPSA) is 55.1 Å². The van der Waals surface area contributed by atoms with Crippen LogP contribution in [-0.4, -0.2) is 10.9 Å². The van der Waals surface area contributed by atoms with E-state index >= 15 is 0 Å². The predicted molar refractivity (Wildman–Crippen MR) is 89.6 cm³/mol. The Morgan fingerprint density at radius 3 is 2.48 bits per heavy atom. The van der Waals surface area contributed by atoms with E-state index < -0.39 is 6.04 Å². The number of nitrogens with one attached hydrogen (secondary N) is 1. The Kier molecular flexibility index (Phi) is 4.94. The van der Waals surface area contributed by atoms with Gasteiger partial charge < -0.3 is 11.1 Å². The summed E-state index contributed by atoms with van der Waals surface area (Å²) in [5.74, 6) is -0.253. The summed E-state index contributed by atoms with van der Waals surface area (Å²) in [6.07, 6.45) is 0. The molecule has 0 fully saturated rings. The average Bonchev–Trinajstić information content (AvgIpc) is 2.48. The van der Waals surface area contributed by atoms with Crippen LogP contribution < -0.4 is 11.1 Å². The zero-order valence-corrected chi connectivity index (χ0v) is 13.0. The lowest BCUT2D eigenvalue weighted by molar-refractivity contribution is 0.0946. The quantitative estimate of drug-likeness (QED) is 0.849. The van der Waals surface area contributed by atoms with Gasteiger partial charge in [-0.2, -0.15) is 0 Å². The summed E-state index contributed by atoms with van der Waals surface area (Å²) in [7, 11) is 0. The van der Waals surface area contributed by atoms with Crippen molar-refractivity contribution in [2.45, 2.75) is 13.0 Å². The van der Waals surface area contributed by atoms with Crippen LogP contribution in [0.1, 0.15) is 27.5 Å². The molecule has 0 spiro atoms. The van der Waals surface area contributed by atoms with Gasteiger partial charge >= 0.3 is 0 Å². The summed E-state index contributed by atoms with van der Waals surface area (Å²) < 4.78 is 0. The van der Waals surface area contributed by atoms with E-state index in [1.165, 1.54) is 0 Å². The van der Waals surface area contributed by atoms with Gasteiger partial charge in [0.2, 0.25) is 0 Å². The van der Waals surface area contributed by atoms with E-state index in [1.54, 1.807) is 25.1 Å². The molecule has 21 heavy (non-hydrogen) atoms. The molecule has 0 bridgehead atoms. The number of carbonyl (C=O) groups excluding carboxylic acids is 1. The Balaban J connectivity index is 2.28. The minimum atomic E-state index is -0.507.